The van der Waals surface area contributed by atoms with E-state index in [9.17, 15) is 4.79 Å². The molecule has 0 radical (unpaired) electrons. The van der Waals surface area contributed by atoms with E-state index in [0.717, 1.165) is 33.6 Å². The van der Waals surface area contributed by atoms with Gasteiger partial charge >= 0.3 is 0 Å². The monoisotopic (exact) mass is 549 g/mol. The number of rotatable bonds is 11. The van der Waals surface area contributed by atoms with E-state index in [-0.39, 0.29) is 18.1 Å². The van der Waals surface area contributed by atoms with E-state index >= 15 is 0 Å². The van der Waals surface area contributed by atoms with E-state index < -0.39 is 0 Å². The third-order valence-corrected chi connectivity index (χ3v) is 6.63. The summed E-state index contributed by atoms with van der Waals surface area (Å²) in [6, 6.07) is 15.0. The summed E-state index contributed by atoms with van der Waals surface area (Å²) in [4.78, 5) is 18.7. The molecule has 7 nitrogen and oxygen atoms in total. The van der Waals surface area contributed by atoms with Gasteiger partial charge in [0.2, 0.25) is 0 Å². The largest absolute Gasteiger partial charge is 0.496 e. The van der Waals surface area contributed by atoms with Crippen LogP contribution in [0.15, 0.2) is 71.1 Å². The highest BCUT2D eigenvalue weighted by Gasteiger charge is 2.19. The summed E-state index contributed by atoms with van der Waals surface area (Å²) in [5, 5.41) is 5.16. The van der Waals surface area contributed by atoms with Crippen molar-refractivity contribution in [1.82, 2.24) is 9.66 Å². The number of hydrogen-bond acceptors (Lipinski definition) is 6. The van der Waals surface area contributed by atoms with Crippen LogP contribution >= 0.6 is 0 Å². The van der Waals surface area contributed by atoms with E-state index in [4.69, 9.17) is 25.6 Å². The molecule has 0 spiro atoms. The van der Waals surface area contributed by atoms with E-state index in [1.54, 1.807) is 25.5 Å². The number of terminal acetylenes is 1. The van der Waals surface area contributed by atoms with Gasteiger partial charge in [0.1, 0.15) is 12.4 Å². The summed E-state index contributed by atoms with van der Waals surface area (Å²) in [5.74, 6) is 5.05. The molecule has 1 heterocycles. The maximum absolute atomic E-state index is 13.8. The molecule has 0 N–H and O–H groups in total. The van der Waals surface area contributed by atoms with E-state index in [2.05, 4.69) is 31.4 Å². The molecule has 0 aliphatic rings. The topological polar surface area (TPSA) is 74.9 Å². The highest BCUT2D eigenvalue weighted by molar-refractivity contribution is 5.83. The molecule has 0 unspecified atom stereocenters. The number of ether oxygens (including phenoxy) is 3. The zero-order valence-electron chi connectivity index (χ0n) is 24.2. The Labute approximate surface area is 241 Å². The van der Waals surface area contributed by atoms with Gasteiger partial charge in [-0.25, -0.2) is 4.98 Å². The normalized spacial score (nSPS) is 11.1. The van der Waals surface area contributed by atoms with Gasteiger partial charge in [0.25, 0.3) is 5.56 Å². The fraction of sp³-hybridized carbons (Fsp3) is 0.265. The molecule has 210 valence electrons. The van der Waals surface area contributed by atoms with Crippen LogP contribution in [0.5, 0.6) is 17.2 Å². The van der Waals surface area contributed by atoms with Gasteiger partial charge < -0.3 is 14.2 Å². The Hall–Kier alpha value is -4.83. The van der Waals surface area contributed by atoms with E-state index in [0.29, 0.717) is 41.3 Å². The van der Waals surface area contributed by atoms with Crippen LogP contribution in [0.2, 0.25) is 0 Å². The van der Waals surface area contributed by atoms with Crippen molar-refractivity contribution in [3.63, 3.8) is 0 Å². The standard InChI is InChI=1S/C34H35N3O4/c1-8-13-25-18-24(19-31(40-10-3)32(25)41-16-9-2)21-35-37-33(36-29-15-12-11-14-26(29)34(37)38)28-20-27(22(4)5)30(39-7)17-23(28)6/h2,8,11-12,14-15,17-22H,1,10,13,16H2,3-7H3. The molecule has 4 rings (SSSR count). The zero-order chi connectivity index (χ0) is 29.5. The minimum absolute atomic E-state index is 0.110. The Morgan fingerprint density at radius 2 is 1.93 bits per heavy atom. The molecule has 4 aromatic rings. The molecule has 7 heteroatoms. The quantitative estimate of drug-likeness (QED) is 0.121. The van der Waals surface area contributed by atoms with Crippen molar-refractivity contribution in [2.45, 2.75) is 40.0 Å². The predicted molar refractivity (Wildman–Crippen MR) is 166 cm³/mol. The summed E-state index contributed by atoms with van der Waals surface area (Å²) < 4.78 is 18.7. The smallest absolute Gasteiger partial charge is 0.282 e. The third-order valence-electron chi connectivity index (χ3n) is 6.63. The first-order valence-electron chi connectivity index (χ1n) is 13.5. The van der Waals surface area contributed by atoms with Crippen molar-refractivity contribution in [2.24, 2.45) is 5.10 Å². The van der Waals surface area contributed by atoms with Crippen molar-refractivity contribution in [3.8, 4) is 41.0 Å². The van der Waals surface area contributed by atoms with Crippen molar-refractivity contribution < 1.29 is 14.2 Å². The number of methoxy groups -OCH3 is 1. The minimum atomic E-state index is -0.270. The van der Waals surface area contributed by atoms with Crippen LogP contribution in [0.25, 0.3) is 22.3 Å². The number of nitrogens with zero attached hydrogens (tertiary/aromatic N) is 3. The summed E-state index contributed by atoms with van der Waals surface area (Å²) in [5.41, 5.74) is 4.63. The first-order valence-corrected chi connectivity index (χ1v) is 13.5. The lowest BCUT2D eigenvalue weighted by Gasteiger charge is -2.17. The van der Waals surface area contributed by atoms with Crippen LogP contribution in [0.3, 0.4) is 0 Å². The third kappa shape index (κ3) is 6.17. The fourth-order valence-electron chi connectivity index (χ4n) is 4.70. The number of hydrogen-bond donors (Lipinski definition) is 0. The van der Waals surface area contributed by atoms with Gasteiger partial charge in [-0.05, 0) is 79.3 Å². The number of allylic oxidation sites excluding steroid dienone is 1. The first kappa shape index (κ1) is 29.2. The molecule has 0 aliphatic heterocycles. The Bertz CT molecular complexity index is 1710. The molecule has 0 amide bonds. The maximum Gasteiger partial charge on any atom is 0.282 e. The van der Waals surface area contributed by atoms with Crippen LogP contribution < -0.4 is 19.8 Å². The van der Waals surface area contributed by atoms with Gasteiger partial charge in [-0.15, -0.1) is 13.0 Å². The molecular formula is C34H35N3O4. The highest BCUT2D eigenvalue weighted by atomic mass is 16.5. The summed E-state index contributed by atoms with van der Waals surface area (Å²) in [6.45, 7) is 12.5. The van der Waals surface area contributed by atoms with Crippen LogP contribution in [0, 0.1) is 19.3 Å². The van der Waals surface area contributed by atoms with Gasteiger partial charge in [0.15, 0.2) is 17.3 Å². The Kier molecular flexibility index (Phi) is 9.26. The first-order chi connectivity index (χ1) is 19.8. The molecule has 41 heavy (non-hydrogen) atoms. The number of para-hydroxylation sites is 1. The second kappa shape index (κ2) is 13.0. The van der Waals surface area contributed by atoms with Gasteiger partial charge in [0, 0.05) is 11.1 Å². The average molecular weight is 550 g/mol. The number of aromatic nitrogens is 2. The average Bonchev–Trinajstić information content (AvgIpc) is 2.96. The molecule has 0 atom stereocenters. The van der Waals surface area contributed by atoms with Crippen LogP contribution in [0.4, 0.5) is 0 Å². The van der Waals surface area contributed by atoms with Crippen LogP contribution in [-0.4, -0.2) is 36.2 Å². The lowest BCUT2D eigenvalue weighted by molar-refractivity contribution is 0.297. The SMILES string of the molecule is C#CCOc1c(CC=C)cc(C=Nn2c(-c3cc(C(C)C)c(OC)cc3C)nc3ccccc3c2=O)cc1OCC. The minimum Gasteiger partial charge on any atom is -0.496 e. The zero-order valence-corrected chi connectivity index (χ0v) is 24.2. The molecule has 0 aliphatic carbocycles. The van der Waals surface area contributed by atoms with Crippen molar-refractivity contribution in [3.05, 3.63) is 93.8 Å². The predicted octanol–water partition coefficient (Wildman–Crippen LogP) is 6.53. The molecule has 0 bridgehead atoms. The Morgan fingerprint density at radius 1 is 1.15 bits per heavy atom. The summed E-state index contributed by atoms with van der Waals surface area (Å²) in [7, 11) is 1.66. The van der Waals surface area contributed by atoms with Crippen molar-refractivity contribution in [1.29, 1.82) is 0 Å². The van der Waals surface area contributed by atoms with E-state index in [1.165, 1.54) is 4.68 Å². The van der Waals surface area contributed by atoms with Crippen LogP contribution in [-0.2, 0) is 6.42 Å². The van der Waals surface area contributed by atoms with Crippen molar-refractivity contribution >= 4 is 17.1 Å². The molecular weight excluding hydrogens is 514 g/mol. The second-order valence-electron chi connectivity index (χ2n) is 9.80. The maximum atomic E-state index is 13.8. The molecule has 0 fully saturated rings. The molecule has 0 saturated carbocycles. The van der Waals surface area contributed by atoms with Gasteiger partial charge in [-0.2, -0.15) is 9.78 Å². The Morgan fingerprint density at radius 3 is 2.61 bits per heavy atom. The number of aryl methyl sites for hydroxylation is 1. The Balaban J connectivity index is 1.94. The van der Waals surface area contributed by atoms with Crippen molar-refractivity contribution in [2.75, 3.05) is 20.3 Å². The summed E-state index contributed by atoms with van der Waals surface area (Å²) in [6.07, 6.45) is 9.38. The lowest BCUT2D eigenvalue weighted by Crippen LogP contribution is -2.21. The second-order valence-corrected chi connectivity index (χ2v) is 9.80. The highest BCUT2D eigenvalue weighted by Crippen LogP contribution is 2.35. The van der Waals surface area contributed by atoms with Crippen LogP contribution in [0.1, 0.15) is 48.9 Å². The van der Waals surface area contributed by atoms with Gasteiger partial charge in [0.05, 0.1) is 30.8 Å². The lowest BCUT2D eigenvalue weighted by atomic mass is 9.96. The van der Waals surface area contributed by atoms with E-state index in [1.807, 2.05) is 56.3 Å². The van der Waals surface area contributed by atoms with Gasteiger partial charge in [-0.3, -0.25) is 4.79 Å². The summed E-state index contributed by atoms with van der Waals surface area (Å²) >= 11 is 0. The molecule has 1 aromatic heterocycles. The molecule has 0 saturated heterocycles. The van der Waals surface area contributed by atoms with Gasteiger partial charge in [-0.1, -0.05) is 38.0 Å². The number of fused-ring (bicyclic) bond motifs is 1. The molecule has 3 aromatic carbocycles. The number of benzene rings is 3. The fourth-order valence-corrected chi connectivity index (χ4v) is 4.70.